The van der Waals surface area contributed by atoms with Gasteiger partial charge < -0.3 is 15.4 Å². The predicted octanol–water partition coefficient (Wildman–Crippen LogP) is 5.08. The number of carbonyl (C=O) groups is 1. The molecule has 128 valence electrons. The molecule has 24 heavy (non-hydrogen) atoms. The average molecular weight is 367 g/mol. The number of nitrogens with one attached hydrogen (secondary N) is 2. The van der Waals surface area contributed by atoms with Gasteiger partial charge in [-0.15, -0.1) is 0 Å². The molecular weight excluding hydrogens is 347 g/mol. The minimum Gasteiger partial charge on any atom is -0.493 e. The smallest absolute Gasteiger partial charge is 0.243 e. The number of anilines is 2. The second kappa shape index (κ2) is 8.81. The van der Waals surface area contributed by atoms with Gasteiger partial charge in [0.2, 0.25) is 5.91 Å². The lowest BCUT2D eigenvalue weighted by atomic mass is 10.2. The van der Waals surface area contributed by atoms with Crippen molar-refractivity contribution in [1.29, 1.82) is 0 Å². The monoisotopic (exact) mass is 366 g/mol. The summed E-state index contributed by atoms with van der Waals surface area (Å²) in [7, 11) is 0. The fraction of sp³-hybridized carbons (Fsp3) is 0.278. The Hall–Kier alpha value is -1.91. The van der Waals surface area contributed by atoms with Crippen LogP contribution < -0.4 is 15.4 Å². The first kappa shape index (κ1) is 18.4. The van der Waals surface area contributed by atoms with Gasteiger partial charge >= 0.3 is 0 Å². The molecule has 0 saturated carbocycles. The van der Waals surface area contributed by atoms with Crippen molar-refractivity contribution in [1.82, 2.24) is 0 Å². The Labute approximate surface area is 152 Å². The zero-order valence-corrected chi connectivity index (χ0v) is 15.1. The van der Waals surface area contributed by atoms with Crippen LogP contribution >= 0.6 is 23.2 Å². The number of halogens is 2. The van der Waals surface area contributed by atoms with Crippen molar-refractivity contribution in [2.75, 3.05) is 23.8 Å². The Bertz CT molecular complexity index is 688. The van der Waals surface area contributed by atoms with Gasteiger partial charge in [-0.1, -0.05) is 37.0 Å². The third-order valence-electron chi connectivity index (χ3n) is 3.09. The van der Waals surface area contributed by atoms with Gasteiger partial charge in [0.15, 0.2) is 0 Å². The van der Waals surface area contributed by atoms with E-state index in [0.717, 1.165) is 5.75 Å². The topological polar surface area (TPSA) is 50.4 Å². The van der Waals surface area contributed by atoms with Gasteiger partial charge in [0.05, 0.1) is 23.9 Å². The summed E-state index contributed by atoms with van der Waals surface area (Å²) in [5.41, 5.74) is 1.33. The maximum atomic E-state index is 12.0. The van der Waals surface area contributed by atoms with E-state index in [1.54, 1.807) is 30.3 Å². The van der Waals surface area contributed by atoms with Gasteiger partial charge in [-0.25, -0.2) is 0 Å². The van der Waals surface area contributed by atoms with E-state index in [9.17, 15) is 4.79 Å². The highest BCUT2D eigenvalue weighted by Crippen LogP contribution is 2.25. The second-order valence-corrected chi connectivity index (χ2v) is 6.60. The number of hydrogen-bond donors (Lipinski definition) is 2. The zero-order chi connectivity index (χ0) is 17.5. The van der Waals surface area contributed by atoms with E-state index >= 15 is 0 Å². The van der Waals surface area contributed by atoms with E-state index in [2.05, 4.69) is 24.5 Å². The lowest BCUT2D eigenvalue weighted by Crippen LogP contribution is -2.21. The number of hydrogen-bond acceptors (Lipinski definition) is 3. The summed E-state index contributed by atoms with van der Waals surface area (Å²) < 4.78 is 5.60. The number of rotatable bonds is 7. The lowest BCUT2D eigenvalue weighted by molar-refractivity contribution is -0.114. The summed E-state index contributed by atoms with van der Waals surface area (Å²) in [6.45, 7) is 4.93. The van der Waals surface area contributed by atoms with Gasteiger partial charge in [-0.2, -0.15) is 0 Å². The molecule has 1 amide bonds. The van der Waals surface area contributed by atoms with Crippen molar-refractivity contribution >= 4 is 40.5 Å². The van der Waals surface area contributed by atoms with E-state index in [4.69, 9.17) is 27.9 Å². The van der Waals surface area contributed by atoms with Gasteiger partial charge in [0, 0.05) is 10.7 Å². The van der Waals surface area contributed by atoms with E-state index < -0.39 is 0 Å². The fourth-order valence-electron chi connectivity index (χ4n) is 1.91. The van der Waals surface area contributed by atoms with Crippen molar-refractivity contribution < 1.29 is 9.53 Å². The van der Waals surface area contributed by atoms with Crippen LogP contribution in [0.15, 0.2) is 42.5 Å². The van der Waals surface area contributed by atoms with Crippen LogP contribution in [-0.4, -0.2) is 19.1 Å². The summed E-state index contributed by atoms with van der Waals surface area (Å²) in [4.78, 5) is 12.0. The molecule has 0 radical (unpaired) electrons. The highest BCUT2D eigenvalue weighted by Gasteiger charge is 2.06. The fourth-order valence-corrected chi connectivity index (χ4v) is 2.27. The minimum atomic E-state index is -0.179. The van der Waals surface area contributed by atoms with Gasteiger partial charge in [0.1, 0.15) is 5.75 Å². The first-order valence-electron chi connectivity index (χ1n) is 7.65. The molecule has 2 rings (SSSR count). The van der Waals surface area contributed by atoms with Gasteiger partial charge in [-0.05, 0) is 48.4 Å². The Morgan fingerprint density at radius 1 is 1.12 bits per heavy atom. The van der Waals surface area contributed by atoms with Crippen molar-refractivity contribution in [2.24, 2.45) is 5.92 Å². The molecule has 6 heteroatoms. The summed E-state index contributed by atoms with van der Waals surface area (Å²) in [6.07, 6.45) is 0. The lowest BCUT2D eigenvalue weighted by Gasteiger charge is -2.11. The molecule has 0 bridgehead atoms. The molecule has 2 N–H and O–H groups in total. The van der Waals surface area contributed by atoms with E-state index in [1.165, 1.54) is 0 Å². The number of carbonyl (C=O) groups excluding carboxylic acids is 1. The van der Waals surface area contributed by atoms with E-state index in [0.29, 0.717) is 33.9 Å². The van der Waals surface area contributed by atoms with Crippen LogP contribution in [0.2, 0.25) is 10.0 Å². The maximum Gasteiger partial charge on any atom is 0.243 e. The SMILES string of the molecule is CC(C)COc1ccc(NC(=O)CNc2cc(Cl)ccc2Cl)cc1. The van der Waals surface area contributed by atoms with Crippen molar-refractivity contribution in [3.05, 3.63) is 52.5 Å². The highest BCUT2D eigenvalue weighted by molar-refractivity contribution is 6.35. The first-order chi connectivity index (χ1) is 11.4. The molecule has 0 aliphatic carbocycles. The number of amides is 1. The Morgan fingerprint density at radius 2 is 1.83 bits per heavy atom. The molecule has 2 aromatic carbocycles. The van der Waals surface area contributed by atoms with Crippen LogP contribution in [0, 0.1) is 5.92 Å². The quantitative estimate of drug-likeness (QED) is 0.718. The second-order valence-electron chi connectivity index (χ2n) is 5.76. The van der Waals surface area contributed by atoms with Crippen LogP contribution in [0.5, 0.6) is 5.75 Å². The molecule has 0 saturated heterocycles. The van der Waals surface area contributed by atoms with E-state index in [-0.39, 0.29) is 12.5 Å². The van der Waals surface area contributed by atoms with Gasteiger partial charge in [-0.3, -0.25) is 4.79 Å². The molecule has 0 fully saturated rings. The van der Waals surface area contributed by atoms with Gasteiger partial charge in [0.25, 0.3) is 0 Å². The molecule has 0 aliphatic rings. The number of ether oxygens (including phenoxy) is 1. The standard InChI is InChI=1S/C18H20Cl2N2O2/c1-12(2)11-24-15-6-4-14(5-7-15)22-18(23)10-21-17-9-13(19)3-8-16(17)20/h3-9,12,21H,10-11H2,1-2H3,(H,22,23). The average Bonchev–Trinajstić information content (AvgIpc) is 2.55. The molecular formula is C18H20Cl2N2O2. The molecule has 0 atom stereocenters. The number of benzene rings is 2. The van der Waals surface area contributed by atoms with Crippen LogP contribution in [0.25, 0.3) is 0 Å². The molecule has 4 nitrogen and oxygen atoms in total. The highest BCUT2D eigenvalue weighted by atomic mass is 35.5. The Balaban J connectivity index is 1.84. The van der Waals surface area contributed by atoms with E-state index in [1.807, 2.05) is 12.1 Å². The summed E-state index contributed by atoms with van der Waals surface area (Å²) >= 11 is 12.0. The molecule has 0 spiro atoms. The summed E-state index contributed by atoms with van der Waals surface area (Å²) in [5, 5.41) is 6.84. The van der Waals surface area contributed by atoms with Crippen molar-refractivity contribution in [3.8, 4) is 5.75 Å². The van der Waals surface area contributed by atoms with Crippen LogP contribution in [-0.2, 0) is 4.79 Å². The third-order valence-corrected chi connectivity index (χ3v) is 3.65. The molecule has 0 unspecified atom stereocenters. The molecule has 0 aromatic heterocycles. The minimum absolute atomic E-state index is 0.0890. The van der Waals surface area contributed by atoms with Crippen LogP contribution in [0.4, 0.5) is 11.4 Å². The van der Waals surface area contributed by atoms with Crippen molar-refractivity contribution in [3.63, 3.8) is 0 Å². The van der Waals surface area contributed by atoms with Crippen LogP contribution in [0.1, 0.15) is 13.8 Å². The third kappa shape index (κ3) is 5.95. The predicted molar refractivity (Wildman–Crippen MR) is 100 cm³/mol. The largest absolute Gasteiger partial charge is 0.493 e. The molecule has 0 heterocycles. The summed E-state index contributed by atoms with van der Waals surface area (Å²) in [5.74, 6) is 1.07. The summed E-state index contributed by atoms with van der Waals surface area (Å²) in [6, 6.07) is 12.3. The Morgan fingerprint density at radius 3 is 2.50 bits per heavy atom. The first-order valence-corrected chi connectivity index (χ1v) is 8.41. The normalized spacial score (nSPS) is 10.5. The zero-order valence-electron chi connectivity index (χ0n) is 13.6. The molecule has 2 aromatic rings. The molecule has 0 aliphatic heterocycles. The maximum absolute atomic E-state index is 12.0. The Kier molecular flexibility index (Phi) is 6.76. The van der Waals surface area contributed by atoms with Crippen LogP contribution in [0.3, 0.4) is 0 Å². The van der Waals surface area contributed by atoms with Crippen molar-refractivity contribution in [2.45, 2.75) is 13.8 Å².